The molecule has 13 heteroatoms. The van der Waals surface area contributed by atoms with Crippen LogP contribution in [0, 0.1) is 0 Å². The zero-order valence-corrected chi connectivity index (χ0v) is 24.9. The molecule has 2 aromatic carbocycles. The predicted molar refractivity (Wildman–Crippen MR) is 146 cm³/mol. The van der Waals surface area contributed by atoms with Crippen LogP contribution in [-0.4, -0.2) is 65.5 Å². The van der Waals surface area contributed by atoms with Crippen molar-refractivity contribution in [2.45, 2.75) is 50.6 Å². The Hall–Kier alpha value is -2.74. The van der Waals surface area contributed by atoms with E-state index in [4.69, 9.17) is 23.7 Å². The van der Waals surface area contributed by atoms with Crippen molar-refractivity contribution in [2.24, 2.45) is 0 Å². The van der Waals surface area contributed by atoms with Crippen LogP contribution in [0.1, 0.15) is 41.5 Å². The topological polar surface area (TPSA) is 132 Å². The third kappa shape index (κ3) is 8.88. The molecule has 0 N–H and O–H groups in total. The lowest BCUT2D eigenvalue weighted by atomic mass is 9.99. The molecule has 208 valence electrons. The molecule has 1 aliphatic rings. The van der Waals surface area contributed by atoms with Crippen molar-refractivity contribution in [1.82, 2.24) is 0 Å². The van der Waals surface area contributed by atoms with Crippen molar-refractivity contribution in [2.75, 3.05) is 6.61 Å². The molecule has 0 radical (unpaired) electrons. The smallest absolute Gasteiger partial charge is 0.338 e. The lowest BCUT2D eigenvalue weighted by Gasteiger charge is -2.43. The number of esters is 4. The van der Waals surface area contributed by atoms with E-state index >= 15 is 0 Å². The van der Waals surface area contributed by atoms with Gasteiger partial charge in [-0.3, -0.25) is 14.4 Å². The van der Waals surface area contributed by atoms with E-state index in [0.717, 1.165) is 22.8 Å². The van der Waals surface area contributed by atoms with Gasteiger partial charge in [0.25, 0.3) is 0 Å². The SMILES string of the molecule is CC(=O)O[C@@H]1[C@@H](OC(C)=O)[C@H](SC(C)=O)O[C@H](COC(=O)c2ccc(Br)cc2)[C@H]1OC(=O)c1ccc(Br)cc1. The Kier molecular flexibility index (Phi) is 11.1. The van der Waals surface area contributed by atoms with E-state index in [0.29, 0.717) is 11.8 Å². The number of halogens is 2. The van der Waals surface area contributed by atoms with Crippen LogP contribution >= 0.6 is 43.6 Å². The summed E-state index contributed by atoms with van der Waals surface area (Å²) in [6.07, 6.45) is -5.28. The molecule has 0 saturated carbocycles. The quantitative estimate of drug-likeness (QED) is 0.288. The van der Waals surface area contributed by atoms with Gasteiger partial charge in [0, 0.05) is 29.7 Å². The molecule has 39 heavy (non-hydrogen) atoms. The molecule has 1 aliphatic heterocycles. The number of rotatable bonds is 8. The lowest BCUT2D eigenvalue weighted by molar-refractivity contribution is -0.228. The van der Waals surface area contributed by atoms with E-state index in [9.17, 15) is 24.0 Å². The normalized spacial score (nSPS) is 22.3. The Balaban J connectivity index is 1.96. The molecule has 0 unspecified atom stereocenters. The summed E-state index contributed by atoms with van der Waals surface area (Å²) in [5, 5.41) is -0.380. The molecule has 10 nitrogen and oxygen atoms in total. The van der Waals surface area contributed by atoms with Gasteiger partial charge in [-0.25, -0.2) is 9.59 Å². The van der Waals surface area contributed by atoms with Gasteiger partial charge in [0.05, 0.1) is 11.1 Å². The van der Waals surface area contributed by atoms with Crippen LogP contribution in [0.25, 0.3) is 0 Å². The Morgan fingerprint density at radius 2 is 1.21 bits per heavy atom. The van der Waals surface area contributed by atoms with Crippen LogP contribution in [0.5, 0.6) is 0 Å². The van der Waals surface area contributed by atoms with E-state index in [-0.39, 0.29) is 16.2 Å². The Bertz CT molecular complexity index is 1220. The van der Waals surface area contributed by atoms with Gasteiger partial charge >= 0.3 is 23.9 Å². The highest BCUT2D eigenvalue weighted by Crippen LogP contribution is 2.35. The van der Waals surface area contributed by atoms with Gasteiger partial charge < -0.3 is 23.7 Å². The lowest BCUT2D eigenvalue weighted by Crippen LogP contribution is -2.61. The van der Waals surface area contributed by atoms with Gasteiger partial charge in [-0.2, -0.15) is 0 Å². The van der Waals surface area contributed by atoms with E-state index in [2.05, 4.69) is 31.9 Å². The van der Waals surface area contributed by atoms with E-state index in [1.54, 1.807) is 36.4 Å². The highest BCUT2D eigenvalue weighted by Gasteiger charge is 2.53. The minimum Gasteiger partial charge on any atom is -0.459 e. The number of carbonyl (C=O) groups excluding carboxylic acids is 5. The van der Waals surface area contributed by atoms with Gasteiger partial charge in [0.15, 0.2) is 28.9 Å². The fourth-order valence-corrected chi connectivity index (χ4v) is 5.06. The first-order valence-electron chi connectivity index (χ1n) is 11.5. The van der Waals surface area contributed by atoms with E-state index < -0.39 is 60.3 Å². The summed E-state index contributed by atoms with van der Waals surface area (Å²) >= 11 is 7.28. The van der Waals surface area contributed by atoms with Crippen molar-refractivity contribution in [3.05, 3.63) is 68.6 Å². The van der Waals surface area contributed by atoms with Gasteiger partial charge in [0.2, 0.25) is 0 Å². The van der Waals surface area contributed by atoms with E-state index in [1.807, 2.05) is 0 Å². The van der Waals surface area contributed by atoms with Crippen LogP contribution in [0.15, 0.2) is 57.5 Å². The van der Waals surface area contributed by atoms with Gasteiger partial charge in [-0.15, -0.1) is 0 Å². The fourth-order valence-electron chi connectivity index (χ4n) is 3.66. The first-order chi connectivity index (χ1) is 18.4. The third-order valence-corrected chi connectivity index (χ3v) is 7.26. The standard InChI is InChI=1S/C26H24Br2O10S/c1-13(29)35-22-21(38-25(33)17-6-10-19(28)11-7-17)20(12-34-24(32)16-4-8-18(27)9-5-16)37-26(39-15(3)31)23(22)36-14(2)30/h4-11,20-23,26H,12H2,1-3H3/t20-,21-,22+,23-,26+/m1/s1. The number of benzene rings is 2. The van der Waals surface area contributed by atoms with Gasteiger partial charge in [0.1, 0.15) is 12.7 Å². The second-order valence-electron chi connectivity index (χ2n) is 8.28. The molecule has 0 bridgehead atoms. The monoisotopic (exact) mass is 686 g/mol. The molecule has 0 spiro atoms. The molecule has 1 fully saturated rings. The largest absolute Gasteiger partial charge is 0.459 e. The maximum Gasteiger partial charge on any atom is 0.338 e. The second-order valence-corrected chi connectivity index (χ2v) is 11.4. The van der Waals surface area contributed by atoms with Gasteiger partial charge in [-0.1, -0.05) is 43.6 Å². The minimum atomic E-state index is -1.38. The maximum absolute atomic E-state index is 13.1. The molecule has 0 aromatic heterocycles. The van der Waals surface area contributed by atoms with E-state index in [1.165, 1.54) is 19.1 Å². The predicted octanol–water partition coefficient (Wildman–Crippen LogP) is 4.46. The van der Waals surface area contributed by atoms with Crippen molar-refractivity contribution in [3.8, 4) is 0 Å². The van der Waals surface area contributed by atoms with Crippen LogP contribution < -0.4 is 0 Å². The zero-order chi connectivity index (χ0) is 28.7. The molecule has 1 heterocycles. The first kappa shape index (κ1) is 30.8. The Morgan fingerprint density at radius 3 is 1.69 bits per heavy atom. The van der Waals surface area contributed by atoms with Crippen molar-refractivity contribution in [1.29, 1.82) is 0 Å². The molecule has 3 rings (SSSR count). The number of hydrogen-bond acceptors (Lipinski definition) is 11. The number of ether oxygens (including phenoxy) is 5. The fraction of sp³-hybridized carbons (Fsp3) is 0.346. The Labute approximate surface area is 245 Å². The van der Waals surface area contributed by atoms with Crippen LogP contribution in [-0.2, 0) is 38.1 Å². The first-order valence-corrected chi connectivity index (χ1v) is 14.0. The highest BCUT2D eigenvalue weighted by atomic mass is 79.9. The van der Waals surface area contributed by atoms with Crippen LogP contribution in [0.3, 0.4) is 0 Å². The van der Waals surface area contributed by atoms with Gasteiger partial charge in [-0.05, 0) is 48.5 Å². The molecule has 1 saturated heterocycles. The molecule has 0 aliphatic carbocycles. The Morgan fingerprint density at radius 1 is 0.718 bits per heavy atom. The summed E-state index contributed by atoms with van der Waals surface area (Å²) in [5.74, 6) is -2.99. The molecule has 5 atom stereocenters. The summed E-state index contributed by atoms with van der Waals surface area (Å²) in [6.45, 7) is 3.10. The number of thioether (sulfide) groups is 1. The summed E-state index contributed by atoms with van der Waals surface area (Å²) in [4.78, 5) is 61.8. The summed E-state index contributed by atoms with van der Waals surface area (Å²) in [5.41, 5.74) is -0.731. The van der Waals surface area contributed by atoms with Crippen molar-refractivity contribution < 1.29 is 47.7 Å². The van der Waals surface area contributed by atoms with Crippen LogP contribution in [0.2, 0.25) is 0 Å². The average Bonchev–Trinajstić information content (AvgIpc) is 2.86. The molecule has 0 amide bonds. The van der Waals surface area contributed by atoms with Crippen molar-refractivity contribution in [3.63, 3.8) is 0 Å². The average molecular weight is 688 g/mol. The molecular weight excluding hydrogens is 664 g/mol. The minimum absolute atomic E-state index is 0.176. The zero-order valence-electron chi connectivity index (χ0n) is 21.0. The molecule has 2 aromatic rings. The summed E-state index contributed by atoms with van der Waals surface area (Å²) in [6, 6.07) is 12.7. The highest BCUT2D eigenvalue weighted by molar-refractivity contribution is 9.10. The van der Waals surface area contributed by atoms with Crippen LogP contribution in [0.4, 0.5) is 0 Å². The summed E-state index contributed by atoms with van der Waals surface area (Å²) < 4.78 is 29.5. The number of carbonyl (C=O) groups is 5. The summed E-state index contributed by atoms with van der Waals surface area (Å²) in [7, 11) is 0. The molecular formula is C26H24Br2O10S. The maximum atomic E-state index is 13.1. The van der Waals surface area contributed by atoms with Crippen molar-refractivity contribution >= 4 is 72.6 Å². The third-order valence-electron chi connectivity index (χ3n) is 5.26. The number of hydrogen-bond donors (Lipinski definition) is 0. The second kappa shape index (κ2) is 14.1.